The third-order valence-electron chi connectivity index (χ3n) is 3.08. The molecule has 2 aromatic rings. The van der Waals surface area contributed by atoms with Crippen LogP contribution in [0.25, 0.3) is 0 Å². The molecular weight excluding hydrogens is 246 g/mol. The Labute approximate surface area is 109 Å². The molecule has 4 nitrogen and oxygen atoms in total. The zero-order valence-corrected chi connectivity index (χ0v) is 10.7. The molecule has 5 heteroatoms. The van der Waals surface area contributed by atoms with Gasteiger partial charge >= 0.3 is 0 Å². The summed E-state index contributed by atoms with van der Waals surface area (Å²) in [5.41, 5.74) is 8.23. The van der Waals surface area contributed by atoms with Crippen molar-refractivity contribution in [2.75, 3.05) is 5.73 Å². The molecule has 0 aromatic carbocycles. The van der Waals surface area contributed by atoms with Gasteiger partial charge in [-0.3, -0.25) is 4.79 Å². The first kappa shape index (κ1) is 11.3. The number of aromatic nitrogens is 1. The van der Waals surface area contributed by atoms with Crippen molar-refractivity contribution in [3.8, 4) is 0 Å². The van der Waals surface area contributed by atoms with Crippen LogP contribution >= 0.6 is 11.3 Å². The number of rotatable bonds is 4. The lowest BCUT2D eigenvalue weighted by molar-refractivity contribution is 0.0941. The number of nitrogens with two attached hydrogens (primary N) is 1. The van der Waals surface area contributed by atoms with Crippen LogP contribution in [0.15, 0.2) is 29.1 Å². The molecule has 0 unspecified atom stereocenters. The lowest BCUT2D eigenvalue weighted by atomic mass is 10.3. The fourth-order valence-electron chi connectivity index (χ4n) is 2.00. The van der Waals surface area contributed by atoms with E-state index in [0.717, 1.165) is 18.4 Å². The largest absolute Gasteiger partial charge is 0.397 e. The van der Waals surface area contributed by atoms with Gasteiger partial charge in [-0.25, -0.2) is 0 Å². The summed E-state index contributed by atoms with van der Waals surface area (Å²) in [6.45, 7) is 0.568. The first-order chi connectivity index (χ1) is 8.74. The maximum Gasteiger partial charge on any atom is 0.268 e. The van der Waals surface area contributed by atoms with Crippen LogP contribution in [0, 0.1) is 0 Å². The van der Waals surface area contributed by atoms with Gasteiger partial charge in [0.15, 0.2) is 0 Å². The summed E-state index contributed by atoms with van der Waals surface area (Å²) in [7, 11) is 0. The molecule has 0 bridgehead atoms. The quantitative estimate of drug-likeness (QED) is 0.887. The van der Waals surface area contributed by atoms with Crippen LogP contribution in [-0.4, -0.2) is 10.5 Å². The van der Waals surface area contributed by atoms with Gasteiger partial charge in [0.1, 0.15) is 5.69 Å². The smallest absolute Gasteiger partial charge is 0.268 e. The number of nitrogens with zero attached hydrogens (tertiary/aromatic N) is 1. The number of nitrogen functional groups attached to an aromatic ring is 1. The SMILES string of the molecule is Nc1cc(C(=O)NCc2ccsc2)n(C2CC2)c1. The normalized spacial score (nSPS) is 14.7. The van der Waals surface area contributed by atoms with Crippen LogP contribution in [0.3, 0.4) is 0 Å². The van der Waals surface area contributed by atoms with Crippen LogP contribution in [0.5, 0.6) is 0 Å². The van der Waals surface area contributed by atoms with Crippen LogP contribution < -0.4 is 11.1 Å². The van der Waals surface area contributed by atoms with Crippen molar-refractivity contribution in [2.45, 2.75) is 25.4 Å². The maximum atomic E-state index is 12.1. The molecule has 2 heterocycles. The summed E-state index contributed by atoms with van der Waals surface area (Å²) < 4.78 is 2.00. The van der Waals surface area contributed by atoms with E-state index in [9.17, 15) is 4.79 Å². The predicted molar refractivity (Wildman–Crippen MR) is 72.6 cm³/mol. The Morgan fingerprint density at radius 2 is 2.39 bits per heavy atom. The Morgan fingerprint density at radius 1 is 1.56 bits per heavy atom. The van der Waals surface area contributed by atoms with Crippen molar-refractivity contribution in [1.82, 2.24) is 9.88 Å². The average molecular weight is 261 g/mol. The van der Waals surface area contributed by atoms with Crippen molar-refractivity contribution < 1.29 is 4.79 Å². The fraction of sp³-hybridized carbons (Fsp3) is 0.308. The average Bonchev–Trinajstić information content (AvgIpc) is 2.92. The maximum absolute atomic E-state index is 12.1. The van der Waals surface area contributed by atoms with E-state index >= 15 is 0 Å². The van der Waals surface area contributed by atoms with Gasteiger partial charge in [-0.1, -0.05) is 0 Å². The number of nitrogens with one attached hydrogen (secondary N) is 1. The summed E-state index contributed by atoms with van der Waals surface area (Å²) in [6, 6.07) is 4.23. The van der Waals surface area contributed by atoms with E-state index < -0.39 is 0 Å². The summed E-state index contributed by atoms with van der Waals surface area (Å²) in [6.07, 6.45) is 4.13. The van der Waals surface area contributed by atoms with Gasteiger partial charge in [-0.05, 0) is 41.3 Å². The Morgan fingerprint density at radius 3 is 3.06 bits per heavy atom. The fourth-order valence-corrected chi connectivity index (χ4v) is 2.67. The molecule has 1 fully saturated rings. The van der Waals surface area contributed by atoms with E-state index in [4.69, 9.17) is 5.73 Å². The monoisotopic (exact) mass is 261 g/mol. The van der Waals surface area contributed by atoms with Gasteiger partial charge in [-0.15, -0.1) is 0 Å². The van der Waals surface area contributed by atoms with Gasteiger partial charge in [0, 0.05) is 18.8 Å². The highest BCUT2D eigenvalue weighted by Gasteiger charge is 2.27. The van der Waals surface area contributed by atoms with E-state index in [2.05, 4.69) is 5.32 Å². The Bertz CT molecular complexity index is 555. The highest BCUT2D eigenvalue weighted by atomic mass is 32.1. The molecule has 1 aliphatic rings. The molecule has 1 aliphatic carbocycles. The van der Waals surface area contributed by atoms with Crippen molar-refractivity contribution in [3.63, 3.8) is 0 Å². The molecule has 0 aliphatic heterocycles. The number of carbonyl (C=O) groups excluding carboxylic acids is 1. The number of hydrogen-bond acceptors (Lipinski definition) is 3. The minimum absolute atomic E-state index is 0.0511. The van der Waals surface area contributed by atoms with Gasteiger partial charge in [0.05, 0.1) is 5.69 Å². The van der Waals surface area contributed by atoms with Crippen molar-refractivity contribution in [2.24, 2.45) is 0 Å². The molecule has 0 spiro atoms. The minimum Gasteiger partial charge on any atom is -0.397 e. The molecule has 3 N–H and O–H groups in total. The third kappa shape index (κ3) is 2.26. The van der Waals surface area contributed by atoms with Crippen molar-refractivity contribution in [3.05, 3.63) is 40.3 Å². The first-order valence-electron chi connectivity index (χ1n) is 6.00. The predicted octanol–water partition coefficient (Wildman–Crippen LogP) is 2.40. The summed E-state index contributed by atoms with van der Waals surface area (Å²) in [5, 5.41) is 6.97. The number of carbonyl (C=O) groups is 1. The van der Waals surface area contributed by atoms with Crippen molar-refractivity contribution >= 4 is 22.9 Å². The second-order valence-electron chi connectivity index (χ2n) is 4.61. The van der Waals surface area contributed by atoms with E-state index in [1.165, 1.54) is 0 Å². The lowest BCUT2D eigenvalue weighted by Crippen LogP contribution is -2.25. The van der Waals surface area contributed by atoms with Crippen LogP contribution in [-0.2, 0) is 6.54 Å². The van der Waals surface area contributed by atoms with E-state index in [1.54, 1.807) is 17.4 Å². The van der Waals surface area contributed by atoms with Gasteiger partial charge < -0.3 is 15.6 Å². The summed E-state index contributed by atoms with van der Waals surface area (Å²) >= 11 is 1.63. The Balaban J connectivity index is 1.71. The third-order valence-corrected chi connectivity index (χ3v) is 3.81. The summed E-state index contributed by atoms with van der Waals surface area (Å²) in [4.78, 5) is 12.1. The molecule has 2 aromatic heterocycles. The van der Waals surface area contributed by atoms with E-state index in [-0.39, 0.29) is 5.91 Å². The minimum atomic E-state index is -0.0511. The second kappa shape index (κ2) is 4.49. The molecule has 18 heavy (non-hydrogen) atoms. The zero-order valence-electron chi connectivity index (χ0n) is 9.93. The molecule has 0 atom stereocenters. The molecule has 0 saturated heterocycles. The van der Waals surface area contributed by atoms with Crippen LogP contribution in [0.1, 0.15) is 34.9 Å². The number of thiophene rings is 1. The molecule has 94 valence electrons. The van der Waals surface area contributed by atoms with E-state index in [1.807, 2.05) is 27.6 Å². The molecule has 3 rings (SSSR count). The van der Waals surface area contributed by atoms with Gasteiger partial charge in [0.2, 0.25) is 0 Å². The highest BCUT2D eigenvalue weighted by molar-refractivity contribution is 7.07. The van der Waals surface area contributed by atoms with E-state index in [0.29, 0.717) is 24.0 Å². The summed E-state index contributed by atoms with van der Waals surface area (Å²) in [5.74, 6) is -0.0511. The van der Waals surface area contributed by atoms with Gasteiger partial charge in [0.25, 0.3) is 5.91 Å². The second-order valence-corrected chi connectivity index (χ2v) is 5.39. The number of anilines is 1. The lowest BCUT2D eigenvalue weighted by Gasteiger charge is -2.07. The molecule has 0 radical (unpaired) electrons. The molecule has 1 saturated carbocycles. The Hall–Kier alpha value is -1.75. The first-order valence-corrected chi connectivity index (χ1v) is 6.95. The number of hydrogen-bond donors (Lipinski definition) is 2. The van der Waals surface area contributed by atoms with Crippen LogP contribution in [0.4, 0.5) is 5.69 Å². The van der Waals surface area contributed by atoms with Crippen molar-refractivity contribution in [1.29, 1.82) is 0 Å². The molecule has 1 amide bonds. The molecular formula is C13H15N3OS. The van der Waals surface area contributed by atoms with Crippen LogP contribution in [0.2, 0.25) is 0 Å². The Kier molecular flexibility index (Phi) is 2.83. The standard InChI is InChI=1S/C13H15N3OS/c14-10-5-12(16(7-10)11-1-2-11)13(17)15-6-9-3-4-18-8-9/h3-5,7-8,11H,1-2,6,14H2,(H,15,17). The zero-order chi connectivity index (χ0) is 12.5. The number of amides is 1. The van der Waals surface area contributed by atoms with Gasteiger partial charge in [-0.2, -0.15) is 11.3 Å². The highest BCUT2D eigenvalue weighted by Crippen LogP contribution is 2.37. The topological polar surface area (TPSA) is 60.1 Å².